The van der Waals surface area contributed by atoms with Crippen molar-refractivity contribution in [2.75, 3.05) is 14.1 Å². The lowest BCUT2D eigenvalue weighted by atomic mass is 10.0. The van der Waals surface area contributed by atoms with Gasteiger partial charge in [-0.05, 0) is 50.5 Å². The number of likely N-dealkylation sites (N-methyl/N-ethyl adjacent to an activating group) is 1. The first-order valence-corrected chi connectivity index (χ1v) is 8.94. The Hall–Kier alpha value is -2.56. The second-order valence-corrected chi connectivity index (χ2v) is 7.29. The maximum atomic E-state index is 12.6. The normalized spacial score (nSPS) is 12.2. The zero-order valence-corrected chi connectivity index (χ0v) is 16.8. The molecule has 2 aromatic rings. The summed E-state index contributed by atoms with van der Waals surface area (Å²) in [5.41, 5.74) is 4.75. The Morgan fingerprint density at radius 2 is 1.62 bits per heavy atom. The van der Waals surface area contributed by atoms with E-state index in [9.17, 15) is 9.59 Å². The topological polar surface area (TPSA) is 54.3 Å². The zero-order chi connectivity index (χ0) is 19.6. The number of carbonyl (C=O) groups excluding carboxylic acids is 2. The summed E-state index contributed by atoms with van der Waals surface area (Å²) in [6, 6.07) is 9.71. The van der Waals surface area contributed by atoms with Crippen molar-refractivity contribution in [3.63, 3.8) is 0 Å². The number of nitrogens with one attached hydrogen (secondary N) is 1. The molecule has 1 aromatic heterocycles. The minimum atomic E-state index is -0.564. The van der Waals surface area contributed by atoms with E-state index in [2.05, 4.69) is 48.0 Å². The fraction of sp³-hybridized carbons (Fsp3) is 0.429. The van der Waals surface area contributed by atoms with Crippen LogP contribution in [0.1, 0.15) is 54.0 Å². The van der Waals surface area contributed by atoms with Crippen LogP contribution in [0, 0.1) is 13.8 Å². The molecule has 0 radical (unpaired) electrons. The first-order chi connectivity index (χ1) is 12.1. The minimum absolute atomic E-state index is 0.128. The van der Waals surface area contributed by atoms with Crippen LogP contribution in [0.5, 0.6) is 0 Å². The van der Waals surface area contributed by atoms with E-state index in [1.165, 1.54) is 10.5 Å². The van der Waals surface area contributed by atoms with Crippen molar-refractivity contribution in [2.45, 2.75) is 46.6 Å². The van der Waals surface area contributed by atoms with Crippen molar-refractivity contribution in [3.05, 3.63) is 52.8 Å². The van der Waals surface area contributed by atoms with Gasteiger partial charge in [0.2, 0.25) is 5.91 Å². The minimum Gasteiger partial charge on any atom is -0.347 e. The van der Waals surface area contributed by atoms with Crippen molar-refractivity contribution in [3.8, 4) is 5.69 Å². The Morgan fingerprint density at radius 1 is 1.04 bits per heavy atom. The fourth-order valence-electron chi connectivity index (χ4n) is 3.12. The van der Waals surface area contributed by atoms with Crippen LogP contribution in [-0.2, 0) is 4.79 Å². The summed E-state index contributed by atoms with van der Waals surface area (Å²) in [7, 11) is 3.36. The number of carbonyl (C=O) groups is 2. The fourth-order valence-corrected chi connectivity index (χ4v) is 3.12. The highest BCUT2D eigenvalue weighted by Crippen LogP contribution is 2.23. The van der Waals surface area contributed by atoms with Gasteiger partial charge in [-0.2, -0.15) is 0 Å². The zero-order valence-electron chi connectivity index (χ0n) is 16.8. The van der Waals surface area contributed by atoms with E-state index in [-0.39, 0.29) is 11.8 Å². The lowest BCUT2D eigenvalue weighted by molar-refractivity contribution is -0.130. The number of hydrogen-bond acceptors (Lipinski definition) is 2. The van der Waals surface area contributed by atoms with Crippen LogP contribution in [0.3, 0.4) is 0 Å². The Morgan fingerprint density at radius 3 is 2.12 bits per heavy atom. The van der Waals surface area contributed by atoms with Gasteiger partial charge in [0.1, 0.15) is 6.04 Å². The van der Waals surface area contributed by atoms with E-state index in [1.54, 1.807) is 21.0 Å². The third-order valence-corrected chi connectivity index (χ3v) is 4.65. The summed E-state index contributed by atoms with van der Waals surface area (Å²) in [6.45, 7) is 9.94. The first kappa shape index (κ1) is 19.8. The molecule has 2 rings (SSSR count). The summed E-state index contributed by atoms with van der Waals surface area (Å²) < 4.78 is 2.07. The number of rotatable bonds is 5. The molecule has 1 atom stereocenters. The van der Waals surface area contributed by atoms with Gasteiger partial charge in [0.05, 0.1) is 5.56 Å². The van der Waals surface area contributed by atoms with Gasteiger partial charge in [0.25, 0.3) is 5.91 Å². The molecule has 0 spiro atoms. The molecule has 140 valence electrons. The lowest BCUT2D eigenvalue weighted by Crippen LogP contribution is -2.44. The van der Waals surface area contributed by atoms with Gasteiger partial charge >= 0.3 is 0 Å². The van der Waals surface area contributed by atoms with E-state index in [0.29, 0.717) is 11.5 Å². The van der Waals surface area contributed by atoms with Gasteiger partial charge in [-0.3, -0.25) is 9.59 Å². The number of aryl methyl sites for hydroxylation is 1. The smallest absolute Gasteiger partial charge is 0.253 e. The largest absolute Gasteiger partial charge is 0.347 e. The van der Waals surface area contributed by atoms with E-state index in [1.807, 2.05) is 19.9 Å². The molecule has 5 heteroatoms. The van der Waals surface area contributed by atoms with Crippen LogP contribution in [0.4, 0.5) is 0 Å². The Kier molecular flexibility index (Phi) is 5.90. The molecule has 0 aliphatic heterocycles. The second kappa shape index (κ2) is 7.77. The van der Waals surface area contributed by atoms with Crippen molar-refractivity contribution in [2.24, 2.45) is 0 Å². The van der Waals surface area contributed by atoms with Crippen LogP contribution in [0.15, 0.2) is 30.3 Å². The van der Waals surface area contributed by atoms with Crippen molar-refractivity contribution < 1.29 is 9.59 Å². The van der Waals surface area contributed by atoms with Gasteiger partial charge < -0.3 is 14.8 Å². The molecule has 0 saturated carbocycles. The molecule has 1 unspecified atom stereocenters. The van der Waals surface area contributed by atoms with Crippen LogP contribution in [0.2, 0.25) is 0 Å². The van der Waals surface area contributed by atoms with Crippen LogP contribution < -0.4 is 5.32 Å². The van der Waals surface area contributed by atoms with Crippen LogP contribution >= 0.6 is 0 Å². The quantitative estimate of drug-likeness (QED) is 0.893. The second-order valence-electron chi connectivity index (χ2n) is 7.29. The van der Waals surface area contributed by atoms with E-state index in [0.717, 1.165) is 17.1 Å². The summed E-state index contributed by atoms with van der Waals surface area (Å²) >= 11 is 0. The number of aromatic nitrogens is 1. The molecule has 5 nitrogen and oxygen atoms in total. The predicted molar refractivity (Wildman–Crippen MR) is 105 cm³/mol. The molecule has 1 heterocycles. The monoisotopic (exact) mass is 355 g/mol. The molecular weight excluding hydrogens is 326 g/mol. The maximum Gasteiger partial charge on any atom is 0.253 e. The Balaban J connectivity index is 2.29. The molecule has 0 bridgehead atoms. The summed E-state index contributed by atoms with van der Waals surface area (Å²) in [5, 5.41) is 2.79. The number of benzene rings is 1. The highest BCUT2D eigenvalue weighted by atomic mass is 16.2. The van der Waals surface area contributed by atoms with Gasteiger partial charge in [0, 0.05) is 31.2 Å². The van der Waals surface area contributed by atoms with Crippen molar-refractivity contribution >= 4 is 11.8 Å². The van der Waals surface area contributed by atoms with Gasteiger partial charge in [-0.15, -0.1) is 0 Å². The first-order valence-electron chi connectivity index (χ1n) is 8.94. The third-order valence-electron chi connectivity index (χ3n) is 4.65. The number of amides is 2. The van der Waals surface area contributed by atoms with Crippen LogP contribution in [-0.4, -0.2) is 41.4 Å². The third kappa shape index (κ3) is 3.98. The Labute approximate surface area is 156 Å². The van der Waals surface area contributed by atoms with E-state index < -0.39 is 6.04 Å². The SMILES string of the molecule is Cc1cc(C(=O)NC(C)C(=O)N(C)C)c(C)n1-c1ccc(C(C)C)cc1. The summed E-state index contributed by atoms with van der Waals surface area (Å²) in [6.07, 6.45) is 0. The average molecular weight is 355 g/mol. The molecule has 1 N–H and O–H groups in total. The van der Waals surface area contributed by atoms with Crippen molar-refractivity contribution in [1.82, 2.24) is 14.8 Å². The molecule has 2 amide bonds. The molecule has 0 aliphatic rings. The van der Waals surface area contributed by atoms with Gasteiger partial charge in [-0.25, -0.2) is 0 Å². The predicted octanol–water partition coefficient (Wildman–Crippen LogP) is 3.42. The molecule has 0 saturated heterocycles. The highest BCUT2D eigenvalue weighted by molar-refractivity contribution is 5.98. The molecule has 0 fully saturated rings. The van der Waals surface area contributed by atoms with Gasteiger partial charge in [-0.1, -0.05) is 26.0 Å². The van der Waals surface area contributed by atoms with Crippen LogP contribution in [0.25, 0.3) is 5.69 Å². The lowest BCUT2D eigenvalue weighted by Gasteiger charge is -2.18. The molecule has 0 aliphatic carbocycles. The molecule has 26 heavy (non-hydrogen) atoms. The maximum absolute atomic E-state index is 12.6. The van der Waals surface area contributed by atoms with Gasteiger partial charge in [0.15, 0.2) is 0 Å². The Bertz CT molecular complexity index is 801. The highest BCUT2D eigenvalue weighted by Gasteiger charge is 2.21. The van der Waals surface area contributed by atoms with E-state index >= 15 is 0 Å². The molecule has 1 aromatic carbocycles. The number of hydrogen-bond donors (Lipinski definition) is 1. The standard InChI is InChI=1S/C21H29N3O2/c1-13(2)17-8-10-18(11-9-17)24-14(3)12-19(16(24)5)20(25)22-15(4)21(26)23(6)7/h8-13,15H,1-7H3,(H,22,25). The van der Waals surface area contributed by atoms with E-state index in [4.69, 9.17) is 0 Å². The van der Waals surface area contributed by atoms with Crippen molar-refractivity contribution in [1.29, 1.82) is 0 Å². The molecular formula is C21H29N3O2. The average Bonchev–Trinajstić information content (AvgIpc) is 2.88. The summed E-state index contributed by atoms with van der Waals surface area (Å²) in [4.78, 5) is 26.1. The number of nitrogens with zero attached hydrogens (tertiary/aromatic N) is 2. The summed E-state index contributed by atoms with van der Waals surface area (Å²) in [5.74, 6) is 0.121.